The average Bonchev–Trinajstić information content (AvgIpc) is 2.95. The van der Waals surface area contributed by atoms with Gasteiger partial charge in [-0.15, -0.1) is 0 Å². The summed E-state index contributed by atoms with van der Waals surface area (Å²) in [5, 5.41) is 0. The molecule has 17 heavy (non-hydrogen) atoms. The predicted octanol–water partition coefficient (Wildman–Crippen LogP) is 5.67. The molecule has 0 aromatic heterocycles. The maximum atomic E-state index is 2.53. The second-order valence-corrected chi connectivity index (χ2v) is 6.97. The molecule has 0 spiro atoms. The van der Waals surface area contributed by atoms with Gasteiger partial charge in [0, 0.05) is 0 Å². The highest BCUT2D eigenvalue weighted by Crippen LogP contribution is 2.50. The van der Waals surface area contributed by atoms with Crippen molar-refractivity contribution in [1.82, 2.24) is 0 Å². The van der Waals surface area contributed by atoms with Gasteiger partial charge in [-0.3, -0.25) is 0 Å². The molecule has 2 fully saturated rings. The van der Waals surface area contributed by atoms with Crippen LogP contribution < -0.4 is 0 Å². The third-order valence-electron chi connectivity index (χ3n) is 5.58. The van der Waals surface area contributed by atoms with Crippen LogP contribution in [0.5, 0.6) is 0 Å². The Labute approximate surface area is 109 Å². The minimum atomic E-state index is 1.03. The van der Waals surface area contributed by atoms with Crippen LogP contribution in [0.4, 0.5) is 0 Å². The van der Waals surface area contributed by atoms with Crippen molar-refractivity contribution < 1.29 is 0 Å². The third-order valence-corrected chi connectivity index (χ3v) is 5.58. The smallest absolute Gasteiger partial charge is 0.0380 e. The van der Waals surface area contributed by atoms with Gasteiger partial charge in [-0.1, -0.05) is 52.9 Å². The first-order valence-electron chi connectivity index (χ1n) is 8.24. The van der Waals surface area contributed by atoms with Crippen molar-refractivity contribution in [2.45, 2.75) is 78.6 Å². The molecular formula is C17H32. The summed E-state index contributed by atoms with van der Waals surface area (Å²) in [5.74, 6) is 5.46. The molecule has 0 aromatic rings. The van der Waals surface area contributed by atoms with Crippen molar-refractivity contribution in [2.24, 2.45) is 29.6 Å². The Hall–Kier alpha value is 0. The van der Waals surface area contributed by atoms with Gasteiger partial charge in [0.05, 0.1) is 0 Å². The maximum absolute atomic E-state index is 2.53. The SMILES string of the molecule is CCCCCC1CC1CC(C)C1CC(CC)C1. The number of hydrogen-bond donors (Lipinski definition) is 0. The average molecular weight is 236 g/mol. The fourth-order valence-electron chi connectivity index (χ4n) is 3.86. The minimum absolute atomic E-state index is 1.03. The monoisotopic (exact) mass is 236 g/mol. The van der Waals surface area contributed by atoms with Crippen LogP contribution in [-0.4, -0.2) is 0 Å². The Morgan fingerprint density at radius 1 is 1.00 bits per heavy atom. The van der Waals surface area contributed by atoms with E-state index in [1.54, 1.807) is 25.7 Å². The molecule has 0 aromatic carbocycles. The van der Waals surface area contributed by atoms with Gasteiger partial charge >= 0.3 is 0 Å². The summed E-state index contributed by atoms with van der Waals surface area (Å²) in [6.07, 6.45) is 13.5. The van der Waals surface area contributed by atoms with Gasteiger partial charge in [0.25, 0.3) is 0 Å². The summed E-state index contributed by atoms with van der Waals surface area (Å²) < 4.78 is 0. The number of rotatable bonds is 8. The summed E-state index contributed by atoms with van der Waals surface area (Å²) in [4.78, 5) is 0. The van der Waals surface area contributed by atoms with E-state index in [1.807, 2.05) is 0 Å². The van der Waals surface area contributed by atoms with Gasteiger partial charge in [0.2, 0.25) is 0 Å². The maximum Gasteiger partial charge on any atom is -0.0380 e. The Morgan fingerprint density at radius 3 is 2.41 bits per heavy atom. The van der Waals surface area contributed by atoms with Crippen LogP contribution in [0.15, 0.2) is 0 Å². The Balaban J connectivity index is 1.54. The van der Waals surface area contributed by atoms with Crippen LogP contribution in [0.2, 0.25) is 0 Å². The van der Waals surface area contributed by atoms with Crippen molar-refractivity contribution in [1.29, 1.82) is 0 Å². The summed E-state index contributed by atoms with van der Waals surface area (Å²) in [7, 11) is 0. The quantitative estimate of drug-likeness (QED) is 0.477. The van der Waals surface area contributed by atoms with E-state index in [0.29, 0.717) is 0 Å². The topological polar surface area (TPSA) is 0 Å². The van der Waals surface area contributed by atoms with E-state index in [2.05, 4.69) is 20.8 Å². The third kappa shape index (κ3) is 3.73. The van der Waals surface area contributed by atoms with Gasteiger partial charge in [0.1, 0.15) is 0 Å². The van der Waals surface area contributed by atoms with Crippen LogP contribution in [-0.2, 0) is 0 Å². The number of hydrogen-bond acceptors (Lipinski definition) is 0. The highest BCUT2D eigenvalue weighted by molar-refractivity contribution is 4.90. The summed E-state index contributed by atoms with van der Waals surface area (Å²) in [6.45, 7) is 7.20. The Bertz CT molecular complexity index is 214. The zero-order chi connectivity index (χ0) is 12.3. The molecule has 2 aliphatic carbocycles. The summed E-state index contributed by atoms with van der Waals surface area (Å²) >= 11 is 0. The van der Waals surface area contributed by atoms with Crippen molar-refractivity contribution >= 4 is 0 Å². The van der Waals surface area contributed by atoms with E-state index in [0.717, 1.165) is 29.6 Å². The molecule has 0 nitrogen and oxygen atoms in total. The van der Waals surface area contributed by atoms with Gasteiger partial charge in [-0.2, -0.15) is 0 Å². The molecule has 3 atom stereocenters. The fraction of sp³-hybridized carbons (Fsp3) is 1.00. The molecule has 3 unspecified atom stereocenters. The number of unbranched alkanes of at least 4 members (excludes halogenated alkanes) is 2. The highest BCUT2D eigenvalue weighted by atomic mass is 14.5. The molecule has 0 heterocycles. The second kappa shape index (κ2) is 6.25. The molecule has 0 aliphatic heterocycles. The van der Waals surface area contributed by atoms with Gasteiger partial charge in [0.15, 0.2) is 0 Å². The van der Waals surface area contributed by atoms with Crippen molar-refractivity contribution in [3.63, 3.8) is 0 Å². The van der Waals surface area contributed by atoms with Gasteiger partial charge in [-0.05, 0) is 55.3 Å². The van der Waals surface area contributed by atoms with Crippen molar-refractivity contribution in [3.8, 4) is 0 Å². The zero-order valence-corrected chi connectivity index (χ0v) is 12.3. The molecular weight excluding hydrogens is 204 g/mol. The first kappa shape index (κ1) is 13.4. The molecule has 0 amide bonds. The molecule has 100 valence electrons. The predicted molar refractivity (Wildman–Crippen MR) is 76.0 cm³/mol. The lowest BCUT2D eigenvalue weighted by atomic mass is 9.67. The fourth-order valence-corrected chi connectivity index (χ4v) is 3.86. The van der Waals surface area contributed by atoms with Crippen molar-refractivity contribution in [2.75, 3.05) is 0 Å². The van der Waals surface area contributed by atoms with E-state index >= 15 is 0 Å². The van der Waals surface area contributed by atoms with Crippen LogP contribution in [0.25, 0.3) is 0 Å². The Kier molecular flexibility index (Phi) is 4.94. The van der Waals surface area contributed by atoms with E-state index in [4.69, 9.17) is 0 Å². The molecule has 0 saturated heterocycles. The lowest BCUT2D eigenvalue weighted by Crippen LogP contribution is -2.28. The molecule has 0 heteroatoms. The van der Waals surface area contributed by atoms with Crippen LogP contribution in [0.3, 0.4) is 0 Å². The van der Waals surface area contributed by atoms with E-state index in [1.165, 1.54) is 32.1 Å². The standard InChI is InChI=1S/C17H32/c1-4-6-7-8-15-12-17(15)9-13(3)16-10-14(5-2)11-16/h13-17H,4-12H2,1-3H3. The molecule has 0 N–H and O–H groups in total. The zero-order valence-electron chi connectivity index (χ0n) is 12.3. The van der Waals surface area contributed by atoms with Gasteiger partial charge in [-0.25, -0.2) is 0 Å². The molecule has 2 aliphatic rings. The Morgan fingerprint density at radius 2 is 1.76 bits per heavy atom. The van der Waals surface area contributed by atoms with E-state index in [9.17, 15) is 0 Å². The summed E-state index contributed by atoms with van der Waals surface area (Å²) in [6, 6.07) is 0. The first-order valence-corrected chi connectivity index (χ1v) is 8.24. The lowest BCUT2D eigenvalue weighted by Gasteiger charge is -2.39. The second-order valence-electron chi connectivity index (χ2n) is 6.97. The normalized spacial score (nSPS) is 37.6. The van der Waals surface area contributed by atoms with Gasteiger partial charge < -0.3 is 0 Å². The van der Waals surface area contributed by atoms with Crippen LogP contribution in [0.1, 0.15) is 78.6 Å². The highest BCUT2D eigenvalue weighted by Gasteiger charge is 2.40. The lowest BCUT2D eigenvalue weighted by molar-refractivity contribution is 0.119. The summed E-state index contributed by atoms with van der Waals surface area (Å²) in [5.41, 5.74) is 0. The van der Waals surface area contributed by atoms with E-state index in [-0.39, 0.29) is 0 Å². The van der Waals surface area contributed by atoms with Crippen LogP contribution >= 0.6 is 0 Å². The first-order chi connectivity index (χ1) is 8.24. The molecule has 0 bridgehead atoms. The molecule has 0 radical (unpaired) electrons. The molecule has 2 rings (SSSR count). The van der Waals surface area contributed by atoms with Crippen molar-refractivity contribution in [3.05, 3.63) is 0 Å². The minimum Gasteiger partial charge on any atom is -0.0654 e. The largest absolute Gasteiger partial charge is 0.0654 e. The molecule has 2 saturated carbocycles. The van der Waals surface area contributed by atoms with E-state index < -0.39 is 0 Å². The van der Waals surface area contributed by atoms with Crippen LogP contribution in [0, 0.1) is 29.6 Å².